The first kappa shape index (κ1) is 11.4. The fourth-order valence-electron chi connectivity index (χ4n) is 0.662. The van der Waals surface area contributed by atoms with E-state index in [9.17, 15) is 4.79 Å². The molecule has 0 bridgehead atoms. The number of pyridine rings is 1. The van der Waals surface area contributed by atoms with Crippen LogP contribution in [0.5, 0.6) is 0 Å². The number of aromatic nitrogens is 1. The van der Waals surface area contributed by atoms with Crippen molar-refractivity contribution in [3.05, 3.63) is 29.0 Å². The van der Waals surface area contributed by atoms with Crippen LogP contribution >= 0.6 is 24.0 Å². The largest absolute Gasteiger partial charge is 0.324 e. The van der Waals surface area contributed by atoms with Crippen molar-refractivity contribution < 1.29 is 4.79 Å². The normalized spacial score (nSPS) is 8.83. The van der Waals surface area contributed by atoms with Crippen LogP contribution in [0.4, 0.5) is 0 Å². The van der Waals surface area contributed by atoms with Crippen LogP contribution in [0.2, 0.25) is 5.02 Å². The summed E-state index contributed by atoms with van der Waals surface area (Å²) >= 11 is 5.61. The van der Waals surface area contributed by atoms with E-state index in [0.717, 1.165) is 0 Å². The molecule has 1 aromatic rings. The van der Waals surface area contributed by atoms with Gasteiger partial charge in [0.1, 0.15) is 5.69 Å². The van der Waals surface area contributed by atoms with Gasteiger partial charge in [-0.1, -0.05) is 11.6 Å². The lowest BCUT2D eigenvalue weighted by Crippen LogP contribution is -2.14. The highest BCUT2D eigenvalue weighted by Crippen LogP contribution is 2.07. The average molecular weight is 207 g/mol. The third-order valence-corrected chi connectivity index (χ3v) is 1.43. The number of nitrogens with two attached hydrogens (primary N) is 1. The van der Waals surface area contributed by atoms with Crippen LogP contribution in [0.25, 0.3) is 0 Å². The van der Waals surface area contributed by atoms with Crippen LogP contribution in [0.15, 0.2) is 18.3 Å². The predicted octanol–water partition coefficient (Wildman–Crippen LogP) is 1.30. The molecule has 0 saturated carbocycles. The second-order valence-electron chi connectivity index (χ2n) is 1.99. The van der Waals surface area contributed by atoms with Gasteiger partial charge in [0.05, 0.1) is 6.54 Å². The summed E-state index contributed by atoms with van der Waals surface area (Å²) in [6, 6.07) is 3.10. The lowest BCUT2D eigenvalue weighted by Gasteiger charge is -1.95. The molecule has 0 atom stereocenters. The quantitative estimate of drug-likeness (QED) is 0.743. The van der Waals surface area contributed by atoms with Crippen molar-refractivity contribution in [3.8, 4) is 0 Å². The van der Waals surface area contributed by atoms with E-state index in [2.05, 4.69) is 4.98 Å². The fraction of sp³-hybridized carbons (Fsp3) is 0.143. The standard InChI is InChI=1S/C7H7ClN2O.ClH/c8-5-1-2-10-6(3-5)7(11)4-9;/h1-3H,4,9H2;1H. The molecule has 2 N–H and O–H groups in total. The summed E-state index contributed by atoms with van der Waals surface area (Å²) in [6.07, 6.45) is 1.48. The summed E-state index contributed by atoms with van der Waals surface area (Å²) in [5.41, 5.74) is 5.44. The van der Waals surface area contributed by atoms with Crippen LogP contribution in [-0.2, 0) is 0 Å². The summed E-state index contributed by atoms with van der Waals surface area (Å²) in [5, 5.41) is 0.497. The van der Waals surface area contributed by atoms with Gasteiger partial charge in [-0.25, -0.2) is 0 Å². The Kier molecular flexibility index (Phi) is 4.81. The Hall–Kier alpha value is -0.640. The molecule has 0 unspecified atom stereocenters. The first-order valence-corrected chi connectivity index (χ1v) is 3.46. The van der Waals surface area contributed by atoms with Crippen LogP contribution in [-0.4, -0.2) is 17.3 Å². The number of nitrogens with zero attached hydrogens (tertiary/aromatic N) is 1. The van der Waals surface area contributed by atoms with Gasteiger partial charge in [-0.05, 0) is 12.1 Å². The van der Waals surface area contributed by atoms with Crippen molar-refractivity contribution in [1.29, 1.82) is 0 Å². The van der Waals surface area contributed by atoms with E-state index < -0.39 is 0 Å². The molecule has 0 fully saturated rings. The smallest absolute Gasteiger partial charge is 0.194 e. The Morgan fingerprint density at radius 1 is 1.67 bits per heavy atom. The molecule has 0 aliphatic heterocycles. The zero-order chi connectivity index (χ0) is 8.27. The highest BCUT2D eigenvalue weighted by atomic mass is 35.5. The predicted molar refractivity (Wildman–Crippen MR) is 49.9 cm³/mol. The number of hydrogen-bond acceptors (Lipinski definition) is 3. The molecule has 12 heavy (non-hydrogen) atoms. The van der Waals surface area contributed by atoms with Gasteiger partial charge < -0.3 is 5.73 Å². The van der Waals surface area contributed by atoms with E-state index in [0.29, 0.717) is 10.7 Å². The molecule has 0 aliphatic carbocycles. The van der Waals surface area contributed by atoms with Gasteiger partial charge in [0.15, 0.2) is 5.78 Å². The number of carbonyl (C=O) groups is 1. The van der Waals surface area contributed by atoms with Crippen molar-refractivity contribution in [1.82, 2.24) is 4.98 Å². The average Bonchev–Trinajstić information content (AvgIpc) is 2.03. The van der Waals surface area contributed by atoms with Gasteiger partial charge in [-0.3, -0.25) is 9.78 Å². The van der Waals surface area contributed by atoms with Crippen molar-refractivity contribution >= 4 is 29.8 Å². The zero-order valence-electron chi connectivity index (χ0n) is 6.16. The summed E-state index contributed by atoms with van der Waals surface area (Å²) < 4.78 is 0. The number of rotatable bonds is 2. The van der Waals surface area contributed by atoms with Crippen LogP contribution < -0.4 is 5.73 Å². The Morgan fingerprint density at radius 2 is 2.33 bits per heavy atom. The van der Waals surface area contributed by atoms with Gasteiger partial charge >= 0.3 is 0 Å². The summed E-state index contributed by atoms with van der Waals surface area (Å²) in [6.45, 7) is -0.0344. The minimum atomic E-state index is -0.201. The monoisotopic (exact) mass is 206 g/mol. The van der Waals surface area contributed by atoms with Gasteiger partial charge in [0.2, 0.25) is 0 Å². The van der Waals surface area contributed by atoms with Crippen molar-refractivity contribution in [3.63, 3.8) is 0 Å². The molecule has 0 amide bonds. The highest BCUT2D eigenvalue weighted by molar-refractivity contribution is 6.30. The molecule has 0 aliphatic rings. The third-order valence-electron chi connectivity index (χ3n) is 1.19. The second kappa shape index (κ2) is 5.09. The fourth-order valence-corrected chi connectivity index (χ4v) is 0.822. The molecule has 1 aromatic heterocycles. The Balaban J connectivity index is 0.00000121. The minimum absolute atomic E-state index is 0. The Labute approximate surface area is 81.3 Å². The topological polar surface area (TPSA) is 56.0 Å². The molecule has 3 nitrogen and oxygen atoms in total. The summed E-state index contributed by atoms with van der Waals surface area (Å²) in [4.78, 5) is 14.7. The number of halogens is 2. The number of hydrogen-bond donors (Lipinski definition) is 1. The van der Waals surface area contributed by atoms with Gasteiger partial charge in [-0.15, -0.1) is 12.4 Å². The van der Waals surface area contributed by atoms with Gasteiger partial charge in [0.25, 0.3) is 0 Å². The van der Waals surface area contributed by atoms with Gasteiger partial charge in [0, 0.05) is 11.2 Å². The maximum atomic E-state index is 10.9. The molecular formula is C7H8Cl2N2O. The molecule has 1 rings (SSSR count). The highest BCUT2D eigenvalue weighted by Gasteiger charge is 2.03. The molecule has 0 radical (unpaired) electrons. The molecule has 5 heteroatoms. The molecular weight excluding hydrogens is 199 g/mol. The molecule has 0 saturated heterocycles. The third kappa shape index (κ3) is 2.77. The van der Waals surface area contributed by atoms with Crippen LogP contribution in [0, 0.1) is 0 Å². The Bertz CT molecular complexity index is 278. The van der Waals surface area contributed by atoms with E-state index in [1.807, 2.05) is 0 Å². The van der Waals surface area contributed by atoms with E-state index in [1.54, 1.807) is 6.07 Å². The molecule has 1 heterocycles. The molecule has 66 valence electrons. The van der Waals surface area contributed by atoms with Gasteiger partial charge in [-0.2, -0.15) is 0 Å². The zero-order valence-corrected chi connectivity index (χ0v) is 7.73. The second-order valence-corrected chi connectivity index (χ2v) is 2.42. The number of carbonyl (C=O) groups excluding carboxylic acids is 1. The number of Topliss-reactive ketones (excluding diaryl/α,β-unsaturated/α-hetero) is 1. The maximum absolute atomic E-state index is 10.9. The summed E-state index contributed by atoms with van der Waals surface area (Å²) in [5.74, 6) is -0.201. The maximum Gasteiger partial charge on any atom is 0.194 e. The van der Waals surface area contributed by atoms with Crippen molar-refractivity contribution in [2.75, 3.05) is 6.54 Å². The Morgan fingerprint density at radius 3 is 2.83 bits per heavy atom. The minimum Gasteiger partial charge on any atom is -0.324 e. The van der Waals surface area contributed by atoms with E-state index in [4.69, 9.17) is 17.3 Å². The van der Waals surface area contributed by atoms with Crippen molar-refractivity contribution in [2.24, 2.45) is 5.73 Å². The first-order chi connectivity index (χ1) is 5.24. The van der Waals surface area contributed by atoms with Crippen LogP contribution in [0.3, 0.4) is 0 Å². The lowest BCUT2D eigenvalue weighted by molar-refractivity contribution is 0.0996. The number of ketones is 1. The van der Waals surface area contributed by atoms with E-state index in [-0.39, 0.29) is 24.7 Å². The van der Waals surface area contributed by atoms with E-state index in [1.165, 1.54) is 12.3 Å². The molecule has 0 spiro atoms. The van der Waals surface area contributed by atoms with Crippen LogP contribution in [0.1, 0.15) is 10.5 Å². The van der Waals surface area contributed by atoms with Crippen molar-refractivity contribution in [2.45, 2.75) is 0 Å². The molecule has 0 aromatic carbocycles. The lowest BCUT2D eigenvalue weighted by atomic mass is 10.2. The van der Waals surface area contributed by atoms with E-state index >= 15 is 0 Å². The first-order valence-electron chi connectivity index (χ1n) is 3.09. The SMILES string of the molecule is Cl.NCC(=O)c1cc(Cl)ccn1. The summed E-state index contributed by atoms with van der Waals surface area (Å²) in [7, 11) is 0.